The van der Waals surface area contributed by atoms with Gasteiger partial charge in [-0.1, -0.05) is 6.07 Å². The van der Waals surface area contributed by atoms with Crippen molar-refractivity contribution in [1.82, 2.24) is 0 Å². The van der Waals surface area contributed by atoms with Gasteiger partial charge in [-0.2, -0.15) is 13.2 Å². The van der Waals surface area contributed by atoms with Gasteiger partial charge in [-0.05, 0) is 30.3 Å². The van der Waals surface area contributed by atoms with Gasteiger partial charge in [0.25, 0.3) is 5.91 Å². The second-order valence-electron chi connectivity index (χ2n) is 4.60. The van der Waals surface area contributed by atoms with Gasteiger partial charge in [-0.25, -0.2) is 0 Å². The predicted octanol–water partition coefficient (Wildman–Crippen LogP) is 3.97. The van der Waals surface area contributed by atoms with E-state index in [9.17, 15) is 18.0 Å². The average Bonchev–Trinajstić information content (AvgIpc) is 2.54. The van der Waals surface area contributed by atoms with Crippen molar-refractivity contribution in [2.75, 3.05) is 19.5 Å². The Labute approximate surface area is 130 Å². The standard InChI is InChI=1S/C16H14F3NO3/c1-22-12-6-7-13(14(9-12)23-2)20-15(21)10-4-3-5-11(8-10)16(17,18)19/h3-9H,1-2H3,(H,20,21). The maximum absolute atomic E-state index is 12.7. The lowest BCUT2D eigenvalue weighted by molar-refractivity contribution is -0.137. The zero-order valence-electron chi connectivity index (χ0n) is 12.4. The average molecular weight is 325 g/mol. The van der Waals surface area contributed by atoms with Crippen LogP contribution in [0.4, 0.5) is 18.9 Å². The molecule has 1 amide bonds. The van der Waals surface area contributed by atoms with E-state index in [2.05, 4.69) is 5.32 Å². The van der Waals surface area contributed by atoms with Crippen LogP contribution < -0.4 is 14.8 Å². The third kappa shape index (κ3) is 3.94. The van der Waals surface area contributed by atoms with E-state index >= 15 is 0 Å². The van der Waals surface area contributed by atoms with Gasteiger partial charge in [-0.15, -0.1) is 0 Å². The van der Waals surface area contributed by atoms with Crippen LogP contribution in [0.1, 0.15) is 15.9 Å². The Kier molecular flexibility index (Phi) is 4.78. The molecule has 0 saturated heterocycles. The van der Waals surface area contributed by atoms with Gasteiger partial charge < -0.3 is 14.8 Å². The molecule has 0 atom stereocenters. The first-order chi connectivity index (χ1) is 10.8. The SMILES string of the molecule is COc1ccc(NC(=O)c2cccc(C(F)(F)F)c2)c(OC)c1. The van der Waals surface area contributed by atoms with E-state index in [1.807, 2.05) is 0 Å². The van der Waals surface area contributed by atoms with Crippen LogP contribution in [0, 0.1) is 0 Å². The molecule has 0 aliphatic carbocycles. The summed E-state index contributed by atoms with van der Waals surface area (Å²) in [5, 5.41) is 2.52. The second-order valence-corrected chi connectivity index (χ2v) is 4.60. The molecule has 0 radical (unpaired) electrons. The summed E-state index contributed by atoms with van der Waals surface area (Å²) in [6.45, 7) is 0. The number of anilines is 1. The van der Waals surface area contributed by atoms with Gasteiger partial charge in [0.1, 0.15) is 11.5 Å². The number of methoxy groups -OCH3 is 2. The number of benzene rings is 2. The molecular weight excluding hydrogens is 311 g/mol. The molecule has 0 spiro atoms. The molecule has 0 unspecified atom stereocenters. The number of carbonyl (C=O) groups is 1. The van der Waals surface area contributed by atoms with E-state index in [0.717, 1.165) is 12.1 Å². The second kappa shape index (κ2) is 6.60. The molecule has 23 heavy (non-hydrogen) atoms. The summed E-state index contributed by atoms with van der Waals surface area (Å²) in [4.78, 5) is 12.2. The molecule has 4 nitrogen and oxygen atoms in total. The number of nitrogens with one attached hydrogen (secondary N) is 1. The molecular formula is C16H14F3NO3. The largest absolute Gasteiger partial charge is 0.497 e. The molecule has 0 heterocycles. The Morgan fingerprint density at radius 3 is 2.39 bits per heavy atom. The number of alkyl halides is 3. The summed E-state index contributed by atoms with van der Waals surface area (Å²) in [5.74, 6) is 0.197. The molecule has 1 N–H and O–H groups in total. The van der Waals surface area contributed by atoms with Crippen molar-refractivity contribution < 1.29 is 27.4 Å². The number of rotatable bonds is 4. The summed E-state index contributed by atoms with van der Waals surface area (Å²) in [5.41, 5.74) is -0.653. The molecule has 0 aliphatic rings. The minimum absolute atomic E-state index is 0.0994. The molecule has 2 rings (SSSR count). The van der Waals surface area contributed by atoms with E-state index in [0.29, 0.717) is 17.2 Å². The van der Waals surface area contributed by atoms with Gasteiger partial charge >= 0.3 is 6.18 Å². The van der Waals surface area contributed by atoms with Crippen LogP contribution >= 0.6 is 0 Å². The Hall–Kier alpha value is -2.70. The van der Waals surface area contributed by atoms with Gasteiger partial charge in [0, 0.05) is 11.6 Å². The van der Waals surface area contributed by atoms with Crippen LogP contribution in [0.5, 0.6) is 11.5 Å². The van der Waals surface area contributed by atoms with E-state index in [1.165, 1.54) is 26.4 Å². The Balaban J connectivity index is 2.26. The van der Waals surface area contributed by atoms with Crippen LogP contribution in [-0.4, -0.2) is 20.1 Å². The molecule has 0 aromatic heterocycles. The molecule has 0 aliphatic heterocycles. The van der Waals surface area contributed by atoms with E-state index in [1.54, 1.807) is 18.2 Å². The first-order valence-corrected chi connectivity index (χ1v) is 6.56. The number of amides is 1. The van der Waals surface area contributed by atoms with Crippen molar-refractivity contribution in [3.63, 3.8) is 0 Å². The smallest absolute Gasteiger partial charge is 0.416 e. The molecule has 122 valence electrons. The lowest BCUT2D eigenvalue weighted by atomic mass is 10.1. The van der Waals surface area contributed by atoms with Crippen LogP contribution in [0.25, 0.3) is 0 Å². The zero-order chi connectivity index (χ0) is 17.0. The first kappa shape index (κ1) is 16.7. The summed E-state index contributed by atoms with van der Waals surface area (Å²) in [7, 11) is 2.89. The van der Waals surface area contributed by atoms with Crippen LogP contribution in [-0.2, 0) is 6.18 Å². The summed E-state index contributed by atoms with van der Waals surface area (Å²) < 4.78 is 48.2. The molecule has 0 fully saturated rings. The van der Waals surface area contributed by atoms with Gasteiger partial charge in [-0.3, -0.25) is 4.79 Å². The maximum Gasteiger partial charge on any atom is 0.416 e. The third-order valence-electron chi connectivity index (χ3n) is 3.11. The Morgan fingerprint density at radius 1 is 1.04 bits per heavy atom. The highest BCUT2D eigenvalue weighted by Crippen LogP contribution is 2.31. The monoisotopic (exact) mass is 325 g/mol. The highest BCUT2D eigenvalue weighted by molar-refractivity contribution is 6.05. The molecule has 0 bridgehead atoms. The number of carbonyl (C=O) groups excluding carboxylic acids is 1. The third-order valence-corrected chi connectivity index (χ3v) is 3.11. The Bertz CT molecular complexity index is 714. The van der Waals surface area contributed by atoms with E-state index in [4.69, 9.17) is 9.47 Å². The lowest BCUT2D eigenvalue weighted by Crippen LogP contribution is -2.14. The molecule has 7 heteroatoms. The van der Waals surface area contributed by atoms with E-state index < -0.39 is 17.6 Å². The summed E-state index contributed by atoms with van der Waals surface area (Å²) in [6, 6.07) is 8.90. The van der Waals surface area contributed by atoms with Crippen molar-refractivity contribution in [3.05, 3.63) is 53.6 Å². The van der Waals surface area contributed by atoms with Crippen molar-refractivity contribution in [2.24, 2.45) is 0 Å². The fraction of sp³-hybridized carbons (Fsp3) is 0.188. The number of hydrogen-bond acceptors (Lipinski definition) is 3. The molecule has 0 saturated carbocycles. The fourth-order valence-corrected chi connectivity index (χ4v) is 1.93. The number of ether oxygens (including phenoxy) is 2. The van der Waals surface area contributed by atoms with Crippen LogP contribution in [0.2, 0.25) is 0 Å². The van der Waals surface area contributed by atoms with Crippen molar-refractivity contribution in [1.29, 1.82) is 0 Å². The predicted molar refractivity (Wildman–Crippen MR) is 78.9 cm³/mol. The van der Waals surface area contributed by atoms with Crippen LogP contribution in [0.3, 0.4) is 0 Å². The normalized spacial score (nSPS) is 11.0. The lowest BCUT2D eigenvalue weighted by Gasteiger charge is -2.12. The van der Waals surface area contributed by atoms with Crippen LogP contribution in [0.15, 0.2) is 42.5 Å². The number of halogens is 3. The first-order valence-electron chi connectivity index (χ1n) is 6.56. The van der Waals surface area contributed by atoms with Gasteiger partial charge in [0.2, 0.25) is 0 Å². The minimum Gasteiger partial charge on any atom is -0.497 e. The molecule has 2 aromatic rings. The maximum atomic E-state index is 12.7. The summed E-state index contributed by atoms with van der Waals surface area (Å²) >= 11 is 0. The van der Waals surface area contributed by atoms with Gasteiger partial charge in [0.15, 0.2) is 0 Å². The zero-order valence-corrected chi connectivity index (χ0v) is 12.4. The molecule has 2 aromatic carbocycles. The van der Waals surface area contributed by atoms with E-state index in [-0.39, 0.29) is 5.56 Å². The minimum atomic E-state index is -4.51. The van der Waals surface area contributed by atoms with Crippen molar-refractivity contribution >= 4 is 11.6 Å². The van der Waals surface area contributed by atoms with Gasteiger partial charge in [0.05, 0.1) is 25.5 Å². The topological polar surface area (TPSA) is 47.6 Å². The van der Waals surface area contributed by atoms with Crippen molar-refractivity contribution in [2.45, 2.75) is 6.18 Å². The highest BCUT2D eigenvalue weighted by atomic mass is 19.4. The van der Waals surface area contributed by atoms with Crippen molar-refractivity contribution in [3.8, 4) is 11.5 Å². The Morgan fingerprint density at radius 2 is 1.78 bits per heavy atom. The fourth-order valence-electron chi connectivity index (χ4n) is 1.93. The highest BCUT2D eigenvalue weighted by Gasteiger charge is 2.30. The quantitative estimate of drug-likeness (QED) is 0.925. The number of hydrogen-bond donors (Lipinski definition) is 1. The summed E-state index contributed by atoms with van der Waals surface area (Å²) in [6.07, 6.45) is -4.51.